The van der Waals surface area contributed by atoms with Crippen molar-refractivity contribution >= 4 is 46.6 Å². The Kier molecular flexibility index (Phi) is 27.6. The number of unbranched alkanes of at least 4 members (excludes halogenated alkanes) is 23. The van der Waals surface area contributed by atoms with Gasteiger partial charge in [-0.25, -0.2) is 4.79 Å². The number of carbonyl (C=O) groups is 2. The molecule has 2 aromatic carbocycles. The van der Waals surface area contributed by atoms with E-state index in [-0.39, 0.29) is 18.7 Å². The monoisotopic (exact) mass is 913 g/mol. The van der Waals surface area contributed by atoms with Gasteiger partial charge in [-0.15, -0.1) is 0 Å². The molecule has 0 aliphatic carbocycles. The van der Waals surface area contributed by atoms with Crippen molar-refractivity contribution in [3.05, 3.63) is 52.0 Å². The van der Waals surface area contributed by atoms with Gasteiger partial charge in [-0.05, 0) is 62.4 Å². The van der Waals surface area contributed by atoms with E-state index < -0.39 is 0 Å². The van der Waals surface area contributed by atoms with Crippen molar-refractivity contribution in [3.8, 4) is 5.75 Å². The summed E-state index contributed by atoms with van der Waals surface area (Å²) in [4.78, 5) is 35.3. The zero-order valence-corrected chi connectivity index (χ0v) is 41.3. The number of hydrogen-bond acceptors (Lipinski definition) is 6. The Balaban J connectivity index is 1.18. The van der Waals surface area contributed by atoms with Crippen LogP contribution in [0.5, 0.6) is 5.75 Å². The molecule has 0 atom stereocenters. The maximum Gasteiger partial charge on any atom is 0.411 e. The summed E-state index contributed by atoms with van der Waals surface area (Å²) in [5.74, 6) is 0.728. The highest BCUT2D eigenvalue weighted by molar-refractivity contribution is 6.43. The molecule has 4 rings (SSSR count). The molecule has 8 nitrogen and oxygen atoms in total. The van der Waals surface area contributed by atoms with Crippen LogP contribution in [-0.2, 0) is 16.0 Å². The summed E-state index contributed by atoms with van der Waals surface area (Å²) in [6, 6.07) is 11.9. The van der Waals surface area contributed by atoms with Gasteiger partial charge in [-0.3, -0.25) is 14.6 Å². The molecule has 10 heteroatoms. The zero-order valence-electron chi connectivity index (χ0n) is 39.8. The minimum absolute atomic E-state index is 0.0151. The lowest BCUT2D eigenvalue weighted by molar-refractivity contribution is -0.119. The van der Waals surface area contributed by atoms with Gasteiger partial charge in [-0.2, -0.15) is 0 Å². The van der Waals surface area contributed by atoms with Crippen molar-refractivity contribution in [2.45, 2.75) is 194 Å². The van der Waals surface area contributed by atoms with Crippen LogP contribution < -0.4 is 14.5 Å². The summed E-state index contributed by atoms with van der Waals surface area (Å²) in [7, 11) is 0. The van der Waals surface area contributed by atoms with Crippen LogP contribution in [0.1, 0.15) is 193 Å². The van der Waals surface area contributed by atoms with E-state index in [2.05, 4.69) is 29.7 Å². The molecule has 0 unspecified atom stereocenters. The molecule has 0 N–H and O–H groups in total. The number of aryl methyl sites for hydroxylation is 1. The van der Waals surface area contributed by atoms with Gasteiger partial charge in [0.1, 0.15) is 5.75 Å². The minimum Gasteiger partial charge on any atom is -0.494 e. The van der Waals surface area contributed by atoms with Crippen molar-refractivity contribution in [1.82, 2.24) is 9.80 Å². The van der Waals surface area contributed by atoms with Crippen LogP contribution in [-0.4, -0.2) is 81.0 Å². The topological polar surface area (TPSA) is 65.6 Å². The van der Waals surface area contributed by atoms with Gasteiger partial charge in [0.05, 0.1) is 28.0 Å². The van der Waals surface area contributed by atoms with E-state index in [1.54, 1.807) is 4.90 Å². The molecule has 63 heavy (non-hydrogen) atoms. The number of amides is 2. The predicted octanol–water partition coefficient (Wildman–Crippen LogP) is 15.1. The first kappa shape index (κ1) is 52.9. The van der Waals surface area contributed by atoms with Crippen LogP contribution in [0.4, 0.5) is 16.2 Å². The van der Waals surface area contributed by atoms with Crippen LogP contribution >= 0.6 is 23.2 Å². The molecule has 0 radical (unpaired) electrons. The van der Waals surface area contributed by atoms with Crippen LogP contribution in [0.15, 0.2) is 36.4 Å². The SMILES string of the molecule is CCCCCCCCCCCCCCN(CCCCCCCCCCCCCC)C(=O)OCN1C(=O)CCc2ccc(OCCCCN3CCN(c4cccc(Cl)c4Cl)CC3)cc21. The lowest BCUT2D eigenvalue weighted by atomic mass is 10.0. The van der Waals surface area contributed by atoms with Gasteiger partial charge in [0.15, 0.2) is 6.73 Å². The Morgan fingerprint density at radius 1 is 0.619 bits per heavy atom. The van der Waals surface area contributed by atoms with E-state index in [0.29, 0.717) is 42.6 Å². The summed E-state index contributed by atoms with van der Waals surface area (Å²) < 4.78 is 12.2. The molecular formula is C53H86Cl2N4O4. The van der Waals surface area contributed by atoms with Crippen molar-refractivity contribution in [2.75, 3.05) is 69.0 Å². The van der Waals surface area contributed by atoms with Crippen molar-refractivity contribution < 1.29 is 19.1 Å². The lowest BCUT2D eigenvalue weighted by Crippen LogP contribution is -2.46. The molecule has 0 bridgehead atoms. The largest absolute Gasteiger partial charge is 0.494 e. The molecule has 2 aliphatic heterocycles. The molecule has 2 aromatic rings. The number of benzene rings is 2. The standard InChI is InChI=1S/C53H86Cl2N4O4/c1-3-5-7-9-11-13-15-17-19-21-23-25-37-58(38-26-24-22-20-18-16-14-12-10-8-6-4-2)53(61)63-45-59-50-44-47(34-32-46(50)33-35-51(59)60)62-43-28-27-36-56-39-41-57(42-40-56)49-31-29-30-48(54)52(49)55/h29-32,34,44H,3-28,33,35-43,45H2,1-2H3. The second kappa shape index (κ2) is 32.9. The van der Waals surface area contributed by atoms with Crippen molar-refractivity contribution in [3.63, 3.8) is 0 Å². The maximum atomic E-state index is 13.7. The Labute approximate surface area is 394 Å². The molecule has 0 saturated carbocycles. The molecule has 0 spiro atoms. The Bertz CT molecular complexity index is 1510. The smallest absolute Gasteiger partial charge is 0.411 e. The average molecular weight is 914 g/mol. The zero-order chi connectivity index (χ0) is 44.7. The summed E-state index contributed by atoms with van der Waals surface area (Å²) in [5, 5.41) is 1.23. The molecule has 2 aliphatic rings. The Morgan fingerprint density at radius 3 is 1.71 bits per heavy atom. The number of ether oxygens (including phenoxy) is 2. The van der Waals surface area contributed by atoms with Crippen molar-refractivity contribution in [1.29, 1.82) is 0 Å². The highest BCUT2D eigenvalue weighted by atomic mass is 35.5. The first-order valence-corrected chi connectivity index (χ1v) is 26.6. The number of halogens is 2. The number of anilines is 2. The number of nitrogens with zero attached hydrogens (tertiary/aromatic N) is 4. The second-order valence-corrected chi connectivity index (χ2v) is 19.2. The highest BCUT2D eigenvalue weighted by Crippen LogP contribution is 2.34. The van der Waals surface area contributed by atoms with E-state index in [4.69, 9.17) is 32.7 Å². The summed E-state index contributed by atoms with van der Waals surface area (Å²) in [5.41, 5.74) is 2.89. The fraction of sp³-hybridized carbons (Fsp3) is 0.736. The molecular weight excluding hydrogens is 828 g/mol. The van der Waals surface area contributed by atoms with E-state index >= 15 is 0 Å². The second-order valence-electron chi connectivity index (χ2n) is 18.4. The van der Waals surface area contributed by atoms with Gasteiger partial charge in [0, 0.05) is 51.8 Å². The fourth-order valence-corrected chi connectivity index (χ4v) is 9.53. The summed E-state index contributed by atoms with van der Waals surface area (Å²) >= 11 is 12.7. The fourth-order valence-electron chi connectivity index (χ4n) is 9.12. The summed E-state index contributed by atoms with van der Waals surface area (Å²) in [6.07, 6.45) is 33.7. The molecule has 1 saturated heterocycles. The van der Waals surface area contributed by atoms with E-state index in [1.807, 2.05) is 35.2 Å². The third-order valence-corrected chi connectivity index (χ3v) is 14.0. The van der Waals surface area contributed by atoms with E-state index in [9.17, 15) is 9.59 Å². The van der Waals surface area contributed by atoms with Crippen LogP contribution in [0.3, 0.4) is 0 Å². The highest BCUT2D eigenvalue weighted by Gasteiger charge is 2.27. The average Bonchev–Trinajstić information content (AvgIpc) is 3.29. The molecule has 356 valence electrons. The van der Waals surface area contributed by atoms with Gasteiger partial charge < -0.3 is 19.3 Å². The first-order valence-electron chi connectivity index (χ1n) is 25.8. The number of fused-ring (bicyclic) bond motifs is 1. The molecule has 2 amide bonds. The lowest BCUT2D eigenvalue weighted by Gasteiger charge is -2.36. The third kappa shape index (κ3) is 21.0. The number of piperazine rings is 1. The van der Waals surface area contributed by atoms with Crippen molar-refractivity contribution in [2.24, 2.45) is 0 Å². The number of rotatable bonds is 35. The third-order valence-electron chi connectivity index (χ3n) is 13.2. The van der Waals surface area contributed by atoms with Crippen LogP contribution in [0.25, 0.3) is 0 Å². The quantitative estimate of drug-likeness (QED) is 0.0642. The van der Waals surface area contributed by atoms with Gasteiger partial charge in [-0.1, -0.05) is 190 Å². The normalized spacial score (nSPS) is 14.3. The molecule has 1 fully saturated rings. The number of hydrogen-bond donors (Lipinski definition) is 0. The molecule has 0 aromatic heterocycles. The first-order chi connectivity index (χ1) is 30.9. The summed E-state index contributed by atoms with van der Waals surface area (Å²) in [6.45, 7) is 11.4. The van der Waals surface area contributed by atoms with Gasteiger partial charge in [0.25, 0.3) is 0 Å². The van der Waals surface area contributed by atoms with E-state index in [1.165, 1.54) is 128 Å². The van der Waals surface area contributed by atoms with Gasteiger partial charge in [0.2, 0.25) is 5.91 Å². The van der Waals surface area contributed by atoms with Crippen LogP contribution in [0, 0.1) is 0 Å². The predicted molar refractivity (Wildman–Crippen MR) is 267 cm³/mol. The minimum atomic E-state index is -0.303. The number of carbonyl (C=O) groups excluding carboxylic acids is 2. The van der Waals surface area contributed by atoms with E-state index in [0.717, 1.165) is 93.9 Å². The maximum absolute atomic E-state index is 13.7. The Hall–Kier alpha value is -2.68. The van der Waals surface area contributed by atoms with Gasteiger partial charge >= 0.3 is 6.09 Å². The molecule has 2 heterocycles. The Morgan fingerprint density at radius 2 is 1.16 bits per heavy atom. The van der Waals surface area contributed by atoms with Crippen LogP contribution in [0.2, 0.25) is 10.0 Å².